The fourth-order valence-corrected chi connectivity index (χ4v) is 4.42. The van der Waals surface area contributed by atoms with E-state index in [9.17, 15) is 0 Å². The van der Waals surface area contributed by atoms with E-state index in [0.717, 1.165) is 5.92 Å². The average molecular weight is 285 g/mol. The molecule has 1 aromatic carbocycles. The van der Waals surface area contributed by atoms with Crippen molar-refractivity contribution in [1.29, 1.82) is 0 Å². The van der Waals surface area contributed by atoms with Crippen LogP contribution in [0.1, 0.15) is 49.3 Å². The summed E-state index contributed by atoms with van der Waals surface area (Å²) in [6, 6.07) is 7.89. The number of anilines is 1. The standard InChI is InChI=1S/C18H27N3/c1-2-7-20-8-10-21(11-9-20)15-3-4-16-14-5-6-19-18(12-14)17(16)13-15/h3-4,13-14,18-19H,2,5-12H2,1H3. The van der Waals surface area contributed by atoms with Gasteiger partial charge in [-0.2, -0.15) is 0 Å². The lowest BCUT2D eigenvalue weighted by Crippen LogP contribution is -2.46. The van der Waals surface area contributed by atoms with E-state index < -0.39 is 0 Å². The molecule has 2 atom stereocenters. The molecular formula is C18H27N3. The van der Waals surface area contributed by atoms with Crippen LogP contribution in [-0.2, 0) is 0 Å². The molecule has 2 unspecified atom stereocenters. The van der Waals surface area contributed by atoms with Gasteiger partial charge in [0.15, 0.2) is 0 Å². The third-order valence-corrected chi connectivity index (χ3v) is 5.57. The largest absolute Gasteiger partial charge is 0.369 e. The van der Waals surface area contributed by atoms with Crippen molar-refractivity contribution in [3.8, 4) is 0 Å². The summed E-state index contributed by atoms with van der Waals surface area (Å²) in [6.07, 6.45) is 3.91. The molecular weight excluding hydrogens is 258 g/mol. The summed E-state index contributed by atoms with van der Waals surface area (Å²) in [5, 5.41) is 3.69. The lowest BCUT2D eigenvalue weighted by molar-refractivity contribution is 0.258. The van der Waals surface area contributed by atoms with Gasteiger partial charge >= 0.3 is 0 Å². The predicted molar refractivity (Wildman–Crippen MR) is 88.1 cm³/mol. The van der Waals surface area contributed by atoms with Crippen molar-refractivity contribution in [2.24, 2.45) is 0 Å². The monoisotopic (exact) mass is 285 g/mol. The van der Waals surface area contributed by atoms with Gasteiger partial charge in [-0.15, -0.1) is 0 Å². The van der Waals surface area contributed by atoms with Gasteiger partial charge in [-0.05, 0) is 61.5 Å². The van der Waals surface area contributed by atoms with Crippen molar-refractivity contribution >= 4 is 5.69 Å². The lowest BCUT2D eigenvalue weighted by atomic mass is 9.96. The molecule has 3 heteroatoms. The summed E-state index contributed by atoms with van der Waals surface area (Å²) in [4.78, 5) is 5.17. The molecule has 0 saturated carbocycles. The third-order valence-electron chi connectivity index (χ3n) is 5.57. The van der Waals surface area contributed by atoms with Crippen LogP contribution in [-0.4, -0.2) is 44.2 Å². The van der Waals surface area contributed by atoms with Crippen molar-refractivity contribution < 1.29 is 0 Å². The average Bonchev–Trinajstić information content (AvgIpc) is 2.79. The van der Waals surface area contributed by atoms with Crippen LogP contribution in [0, 0.1) is 0 Å². The van der Waals surface area contributed by atoms with Gasteiger partial charge in [0, 0.05) is 37.9 Å². The number of nitrogens with zero attached hydrogens (tertiary/aromatic N) is 2. The first-order valence-electron chi connectivity index (χ1n) is 8.69. The van der Waals surface area contributed by atoms with Crippen molar-refractivity contribution in [2.45, 2.75) is 38.1 Å². The van der Waals surface area contributed by atoms with Crippen LogP contribution in [0.2, 0.25) is 0 Å². The van der Waals surface area contributed by atoms with Gasteiger partial charge in [0.25, 0.3) is 0 Å². The highest BCUT2D eigenvalue weighted by Crippen LogP contribution is 2.45. The maximum Gasteiger partial charge on any atom is 0.0370 e. The highest BCUT2D eigenvalue weighted by molar-refractivity contribution is 5.55. The first-order valence-corrected chi connectivity index (χ1v) is 8.69. The smallest absolute Gasteiger partial charge is 0.0370 e. The summed E-state index contributed by atoms with van der Waals surface area (Å²) < 4.78 is 0. The molecule has 2 heterocycles. The maximum absolute atomic E-state index is 3.69. The first-order chi connectivity index (χ1) is 10.3. The van der Waals surface area contributed by atoms with Gasteiger partial charge in [-0.1, -0.05) is 13.0 Å². The van der Waals surface area contributed by atoms with Gasteiger partial charge in [0.05, 0.1) is 0 Å². The molecule has 0 amide bonds. The normalized spacial score (nSPS) is 28.7. The highest BCUT2D eigenvalue weighted by Gasteiger charge is 2.34. The van der Waals surface area contributed by atoms with E-state index in [1.165, 1.54) is 64.2 Å². The molecule has 1 aliphatic carbocycles. The fourth-order valence-electron chi connectivity index (χ4n) is 4.42. The highest BCUT2D eigenvalue weighted by atomic mass is 15.3. The number of benzene rings is 1. The van der Waals surface area contributed by atoms with Crippen LogP contribution in [0.4, 0.5) is 5.69 Å². The van der Waals surface area contributed by atoms with Crippen LogP contribution in [0.5, 0.6) is 0 Å². The van der Waals surface area contributed by atoms with Gasteiger partial charge in [0.2, 0.25) is 0 Å². The van der Waals surface area contributed by atoms with Gasteiger partial charge in [-0.25, -0.2) is 0 Å². The van der Waals surface area contributed by atoms with Crippen LogP contribution >= 0.6 is 0 Å². The number of fused-ring (bicyclic) bond motifs is 5. The second kappa shape index (κ2) is 5.62. The Labute approximate surface area is 128 Å². The molecule has 2 aliphatic heterocycles. The van der Waals surface area contributed by atoms with E-state index in [2.05, 4.69) is 40.2 Å². The zero-order valence-electron chi connectivity index (χ0n) is 13.1. The van der Waals surface area contributed by atoms with Gasteiger partial charge in [0.1, 0.15) is 0 Å². The molecule has 1 N–H and O–H groups in total. The van der Waals surface area contributed by atoms with E-state index in [4.69, 9.17) is 0 Å². The summed E-state index contributed by atoms with van der Waals surface area (Å²) in [7, 11) is 0. The van der Waals surface area contributed by atoms with Crippen molar-refractivity contribution in [2.75, 3.05) is 44.2 Å². The molecule has 0 radical (unpaired) electrons. The zero-order chi connectivity index (χ0) is 14.2. The van der Waals surface area contributed by atoms with Crippen LogP contribution < -0.4 is 10.2 Å². The van der Waals surface area contributed by atoms with Gasteiger partial charge < -0.3 is 10.2 Å². The molecule has 4 rings (SSSR count). The number of piperazine rings is 1. The number of nitrogens with one attached hydrogen (secondary N) is 1. The van der Waals surface area contributed by atoms with Crippen molar-refractivity contribution in [3.63, 3.8) is 0 Å². The Kier molecular flexibility index (Phi) is 3.64. The Morgan fingerprint density at radius 3 is 2.81 bits per heavy atom. The Balaban J connectivity index is 1.50. The molecule has 3 aliphatic rings. The Morgan fingerprint density at radius 2 is 2.00 bits per heavy atom. The second-order valence-corrected chi connectivity index (χ2v) is 6.87. The number of hydrogen-bond acceptors (Lipinski definition) is 3. The summed E-state index contributed by atoms with van der Waals surface area (Å²) >= 11 is 0. The number of rotatable bonds is 3. The van der Waals surface area contributed by atoms with Crippen LogP contribution in [0.15, 0.2) is 18.2 Å². The Morgan fingerprint density at radius 1 is 1.14 bits per heavy atom. The molecule has 0 spiro atoms. The Bertz CT molecular complexity index is 505. The summed E-state index contributed by atoms with van der Waals surface area (Å²) in [6.45, 7) is 9.52. The maximum atomic E-state index is 3.69. The van der Waals surface area contributed by atoms with E-state index in [0.29, 0.717) is 6.04 Å². The third kappa shape index (κ3) is 2.47. The molecule has 2 saturated heterocycles. The summed E-state index contributed by atoms with van der Waals surface area (Å²) in [5.41, 5.74) is 4.66. The van der Waals surface area contributed by atoms with E-state index in [1.807, 2.05) is 0 Å². The SMILES string of the molecule is CCCN1CCN(c2ccc3c(c2)C2CC3CCN2)CC1. The van der Waals surface area contributed by atoms with Crippen LogP contribution in [0.25, 0.3) is 0 Å². The second-order valence-electron chi connectivity index (χ2n) is 6.87. The fraction of sp³-hybridized carbons (Fsp3) is 0.667. The minimum atomic E-state index is 0.625. The lowest BCUT2D eigenvalue weighted by Gasteiger charge is -2.36. The molecule has 21 heavy (non-hydrogen) atoms. The molecule has 1 aromatic rings. The Hall–Kier alpha value is -1.06. The minimum Gasteiger partial charge on any atom is -0.369 e. The van der Waals surface area contributed by atoms with E-state index in [1.54, 1.807) is 11.1 Å². The first kappa shape index (κ1) is 13.6. The topological polar surface area (TPSA) is 18.5 Å². The number of piperidine rings is 1. The quantitative estimate of drug-likeness (QED) is 0.921. The minimum absolute atomic E-state index is 0.625. The molecule has 114 valence electrons. The van der Waals surface area contributed by atoms with Crippen molar-refractivity contribution in [3.05, 3.63) is 29.3 Å². The predicted octanol–water partition coefficient (Wildman–Crippen LogP) is 2.74. The number of hydrogen-bond donors (Lipinski definition) is 1. The van der Waals surface area contributed by atoms with Crippen LogP contribution in [0.3, 0.4) is 0 Å². The van der Waals surface area contributed by atoms with Gasteiger partial charge in [-0.3, -0.25) is 4.90 Å². The van der Waals surface area contributed by atoms with Crippen molar-refractivity contribution in [1.82, 2.24) is 10.2 Å². The molecule has 2 bridgehead atoms. The molecule has 3 nitrogen and oxygen atoms in total. The molecule has 2 fully saturated rings. The summed E-state index contributed by atoms with van der Waals surface area (Å²) in [5.74, 6) is 0.821. The van der Waals surface area contributed by atoms with E-state index >= 15 is 0 Å². The zero-order valence-corrected chi connectivity index (χ0v) is 13.1. The molecule has 0 aromatic heterocycles. The van der Waals surface area contributed by atoms with E-state index in [-0.39, 0.29) is 0 Å².